The molecule has 5 nitrogen and oxygen atoms in total. The number of hydrogen-bond acceptors (Lipinski definition) is 5. The molecule has 2 aromatic heterocycles. The Morgan fingerprint density at radius 1 is 1.29 bits per heavy atom. The third-order valence-corrected chi connectivity index (χ3v) is 4.27. The Kier molecular flexibility index (Phi) is 3.81. The van der Waals surface area contributed by atoms with Gasteiger partial charge in [-0.3, -0.25) is 15.2 Å². The van der Waals surface area contributed by atoms with Crippen molar-refractivity contribution in [2.75, 3.05) is 0 Å². The van der Waals surface area contributed by atoms with E-state index >= 15 is 0 Å². The van der Waals surface area contributed by atoms with Crippen LogP contribution < -0.4 is 16.0 Å². The molecule has 0 radical (unpaired) electrons. The molecule has 6 heteroatoms. The quantitative estimate of drug-likeness (QED) is 0.441. The smallest absolute Gasteiger partial charge is 0.275 e. The normalized spacial score (nSPS) is 10.5. The summed E-state index contributed by atoms with van der Waals surface area (Å²) in [7, 11) is 0. The molecule has 0 aliphatic rings. The number of fused-ring (bicyclic) bond motifs is 1. The van der Waals surface area contributed by atoms with Crippen molar-refractivity contribution in [2.45, 2.75) is 6.61 Å². The number of rotatable bonds is 4. The summed E-state index contributed by atoms with van der Waals surface area (Å²) in [5, 5.41) is 1.00. The van der Waals surface area contributed by atoms with Gasteiger partial charge in [0.2, 0.25) is 0 Å². The molecule has 0 unspecified atom stereocenters. The number of nitrogens with zero attached hydrogens (tertiary/aromatic N) is 1. The van der Waals surface area contributed by atoms with Crippen molar-refractivity contribution in [3.63, 3.8) is 0 Å². The van der Waals surface area contributed by atoms with Gasteiger partial charge in [-0.15, -0.1) is 11.3 Å². The zero-order valence-corrected chi connectivity index (χ0v) is 11.9. The average Bonchev–Trinajstić information content (AvgIpc) is 2.92. The molecule has 1 amide bonds. The van der Waals surface area contributed by atoms with Gasteiger partial charge in [0.05, 0.1) is 6.20 Å². The maximum absolute atomic E-state index is 11.9. The number of hydrogen-bond donors (Lipinski definition) is 2. The number of carbonyl (C=O) groups excluding carboxylic acids is 1. The lowest BCUT2D eigenvalue weighted by atomic mass is 10.1. The third-order valence-electron chi connectivity index (χ3n) is 3.05. The van der Waals surface area contributed by atoms with Crippen LogP contribution in [0.4, 0.5) is 0 Å². The largest absolute Gasteiger partial charge is 0.487 e. The molecule has 0 saturated carbocycles. The molecule has 3 aromatic rings. The molecular formula is C15H13N3O2S. The number of ether oxygens (including phenoxy) is 1. The number of thiophene rings is 1. The van der Waals surface area contributed by atoms with Crippen LogP contribution in [-0.2, 0) is 6.61 Å². The number of nitrogens with two attached hydrogens (primary N) is 1. The Morgan fingerprint density at radius 2 is 2.14 bits per heavy atom. The first kappa shape index (κ1) is 13.5. The second-order valence-corrected chi connectivity index (χ2v) is 5.41. The highest BCUT2D eigenvalue weighted by molar-refractivity contribution is 7.21. The highest BCUT2D eigenvalue weighted by Gasteiger charge is 2.18. The van der Waals surface area contributed by atoms with Gasteiger partial charge < -0.3 is 4.74 Å². The van der Waals surface area contributed by atoms with E-state index in [1.54, 1.807) is 18.5 Å². The van der Waals surface area contributed by atoms with Gasteiger partial charge in [0.1, 0.15) is 17.2 Å². The fourth-order valence-electron chi connectivity index (χ4n) is 2.08. The molecule has 0 atom stereocenters. The highest BCUT2D eigenvalue weighted by Crippen LogP contribution is 2.32. The monoisotopic (exact) mass is 299 g/mol. The van der Waals surface area contributed by atoms with Gasteiger partial charge in [0, 0.05) is 16.5 Å². The number of benzene rings is 1. The Hall–Kier alpha value is -2.44. The summed E-state index contributed by atoms with van der Waals surface area (Å²) in [5.74, 6) is 5.61. The van der Waals surface area contributed by atoms with E-state index in [0.717, 1.165) is 15.6 Å². The number of pyridine rings is 1. The van der Waals surface area contributed by atoms with Gasteiger partial charge in [0.15, 0.2) is 0 Å². The maximum Gasteiger partial charge on any atom is 0.275 e. The third kappa shape index (κ3) is 2.72. The van der Waals surface area contributed by atoms with Crippen LogP contribution in [0.5, 0.6) is 5.75 Å². The Bertz CT molecular complexity index is 771. The Morgan fingerprint density at radius 3 is 2.90 bits per heavy atom. The van der Waals surface area contributed by atoms with Crippen LogP contribution >= 0.6 is 11.3 Å². The number of carbonyl (C=O) groups is 1. The van der Waals surface area contributed by atoms with Crippen LogP contribution in [0.25, 0.3) is 10.1 Å². The van der Waals surface area contributed by atoms with Gasteiger partial charge in [-0.25, -0.2) is 5.84 Å². The average molecular weight is 299 g/mol. The van der Waals surface area contributed by atoms with Crippen LogP contribution in [0.1, 0.15) is 15.2 Å². The topological polar surface area (TPSA) is 77.2 Å². The zero-order chi connectivity index (χ0) is 14.7. The second-order valence-electron chi connectivity index (χ2n) is 4.36. The molecule has 0 aliphatic carbocycles. The minimum absolute atomic E-state index is 0.290. The fraction of sp³-hybridized carbons (Fsp3) is 0.0667. The summed E-state index contributed by atoms with van der Waals surface area (Å²) in [6.07, 6.45) is 3.32. The summed E-state index contributed by atoms with van der Waals surface area (Å²) >= 11 is 1.40. The molecule has 0 bridgehead atoms. The number of hydrazine groups is 1. The van der Waals surface area contributed by atoms with Crippen LogP contribution in [0.15, 0.2) is 48.8 Å². The van der Waals surface area contributed by atoms with Crippen LogP contribution in [0, 0.1) is 0 Å². The lowest BCUT2D eigenvalue weighted by Crippen LogP contribution is -2.30. The lowest BCUT2D eigenvalue weighted by Gasteiger charge is -2.07. The number of nitrogen functional groups attached to an aromatic ring is 1. The van der Waals surface area contributed by atoms with Crippen molar-refractivity contribution in [2.24, 2.45) is 5.84 Å². The molecule has 21 heavy (non-hydrogen) atoms. The highest BCUT2D eigenvalue weighted by atomic mass is 32.1. The van der Waals surface area contributed by atoms with Crippen molar-refractivity contribution in [3.8, 4) is 5.75 Å². The van der Waals surface area contributed by atoms with E-state index < -0.39 is 0 Å². The van der Waals surface area contributed by atoms with E-state index in [-0.39, 0.29) is 5.91 Å². The van der Waals surface area contributed by atoms with Gasteiger partial charge in [0.25, 0.3) is 5.91 Å². The molecule has 3 rings (SSSR count). The molecule has 106 valence electrons. The molecule has 1 aromatic carbocycles. The van der Waals surface area contributed by atoms with E-state index in [1.807, 2.05) is 30.3 Å². The molecule has 3 N–H and O–H groups in total. The van der Waals surface area contributed by atoms with Crippen LogP contribution in [-0.4, -0.2) is 10.9 Å². The van der Waals surface area contributed by atoms with Gasteiger partial charge >= 0.3 is 0 Å². The number of nitrogens with one attached hydrogen (secondary N) is 1. The number of amides is 1. The van der Waals surface area contributed by atoms with E-state index in [0.29, 0.717) is 17.2 Å². The predicted molar refractivity (Wildman–Crippen MR) is 82.0 cm³/mol. The minimum atomic E-state index is -0.305. The van der Waals surface area contributed by atoms with Gasteiger partial charge in [-0.05, 0) is 23.6 Å². The summed E-state index contributed by atoms with van der Waals surface area (Å²) in [5.41, 5.74) is 3.02. The van der Waals surface area contributed by atoms with E-state index in [4.69, 9.17) is 10.6 Å². The lowest BCUT2D eigenvalue weighted by molar-refractivity contribution is 0.0955. The van der Waals surface area contributed by atoms with Crippen molar-refractivity contribution < 1.29 is 9.53 Å². The zero-order valence-electron chi connectivity index (χ0n) is 11.1. The summed E-state index contributed by atoms with van der Waals surface area (Å²) in [6.45, 7) is 0.290. The summed E-state index contributed by atoms with van der Waals surface area (Å²) in [4.78, 5) is 16.5. The Labute approximate surface area is 125 Å². The van der Waals surface area contributed by atoms with Gasteiger partial charge in [-0.1, -0.05) is 18.2 Å². The molecule has 0 spiro atoms. The van der Waals surface area contributed by atoms with E-state index in [9.17, 15) is 4.79 Å². The first-order valence-corrected chi connectivity index (χ1v) is 7.15. The van der Waals surface area contributed by atoms with Crippen molar-refractivity contribution in [1.29, 1.82) is 0 Å². The first-order chi connectivity index (χ1) is 10.3. The second kappa shape index (κ2) is 5.90. The molecule has 0 saturated heterocycles. The van der Waals surface area contributed by atoms with Crippen molar-refractivity contribution in [3.05, 3.63) is 59.2 Å². The summed E-state index contributed by atoms with van der Waals surface area (Å²) < 4.78 is 6.75. The fourth-order valence-corrected chi connectivity index (χ4v) is 3.19. The Balaban J connectivity index is 1.97. The standard InChI is InChI=1S/C15H13N3O2S/c16-18-15(19)14-12(9-20-10-4-3-7-17-8-10)11-5-1-2-6-13(11)21-14/h1-8H,9,16H2,(H,18,19). The molecule has 0 aliphatic heterocycles. The number of aromatic nitrogens is 1. The SMILES string of the molecule is NNC(=O)c1sc2ccccc2c1COc1cccnc1. The summed E-state index contributed by atoms with van der Waals surface area (Å²) in [6, 6.07) is 11.4. The first-order valence-electron chi connectivity index (χ1n) is 6.34. The van der Waals surface area contributed by atoms with E-state index in [1.165, 1.54) is 11.3 Å². The van der Waals surface area contributed by atoms with Crippen LogP contribution in [0.2, 0.25) is 0 Å². The van der Waals surface area contributed by atoms with Gasteiger partial charge in [-0.2, -0.15) is 0 Å². The van der Waals surface area contributed by atoms with Crippen molar-refractivity contribution >= 4 is 27.3 Å². The van der Waals surface area contributed by atoms with Crippen LogP contribution in [0.3, 0.4) is 0 Å². The van der Waals surface area contributed by atoms with E-state index in [2.05, 4.69) is 10.4 Å². The molecular weight excluding hydrogens is 286 g/mol. The predicted octanol–water partition coefficient (Wildman–Crippen LogP) is 2.48. The molecule has 0 fully saturated rings. The molecule has 2 heterocycles. The minimum Gasteiger partial charge on any atom is -0.487 e. The van der Waals surface area contributed by atoms with Crippen molar-refractivity contribution in [1.82, 2.24) is 10.4 Å². The maximum atomic E-state index is 11.9.